The molecule has 3 aliphatic rings. The molecule has 1 atom stereocenters. The van der Waals surface area contributed by atoms with Crippen molar-refractivity contribution in [3.63, 3.8) is 0 Å². The molecular weight excluding hydrogens is 856 g/mol. The van der Waals surface area contributed by atoms with Crippen LogP contribution in [-0.4, -0.2) is 58.7 Å². The number of benzene rings is 2. The number of fused-ring (bicyclic) bond motifs is 2. The number of hydrogen-bond acceptors (Lipinski definition) is 5. The van der Waals surface area contributed by atoms with Crippen LogP contribution in [0.5, 0.6) is 11.5 Å². The first-order chi connectivity index (χ1) is 32.5. The van der Waals surface area contributed by atoms with Crippen LogP contribution < -0.4 is 14.4 Å². The molecule has 0 spiro atoms. The van der Waals surface area contributed by atoms with Gasteiger partial charge in [0.1, 0.15) is 17.9 Å². The summed E-state index contributed by atoms with van der Waals surface area (Å²) in [6.45, 7) is 17.7. The average Bonchev–Trinajstić information content (AvgIpc) is 3.73. The molecule has 2 aliphatic heterocycles. The van der Waals surface area contributed by atoms with E-state index in [9.17, 15) is 19.8 Å². The Morgan fingerprint density at radius 1 is 0.701 bits per heavy atom. The Kier molecular flexibility index (Phi) is 21.2. The van der Waals surface area contributed by atoms with E-state index in [4.69, 9.17) is 21.1 Å². The number of carbonyl (C=O) groups is 2. The summed E-state index contributed by atoms with van der Waals surface area (Å²) in [4.78, 5) is 26.7. The quantitative estimate of drug-likeness (QED) is 0.0594. The van der Waals surface area contributed by atoms with Gasteiger partial charge in [-0.3, -0.25) is 9.59 Å². The highest BCUT2D eigenvalue weighted by atomic mass is 35.5. The van der Waals surface area contributed by atoms with Crippen molar-refractivity contribution in [2.75, 3.05) is 31.2 Å². The van der Waals surface area contributed by atoms with Crippen LogP contribution in [0.4, 0.5) is 11.4 Å². The van der Waals surface area contributed by atoms with Crippen LogP contribution in [0.25, 0.3) is 0 Å². The van der Waals surface area contributed by atoms with Gasteiger partial charge in [0, 0.05) is 46.1 Å². The van der Waals surface area contributed by atoms with Crippen LogP contribution >= 0.6 is 11.6 Å². The van der Waals surface area contributed by atoms with Crippen molar-refractivity contribution in [3.05, 3.63) is 93.7 Å². The summed E-state index contributed by atoms with van der Waals surface area (Å²) in [7, 11) is 0. The summed E-state index contributed by atoms with van der Waals surface area (Å²) >= 11 is 7.64. The number of carboxylic acids is 2. The minimum absolute atomic E-state index is 0.0324. The molecule has 368 valence electrons. The zero-order valence-corrected chi connectivity index (χ0v) is 43.1. The van der Waals surface area contributed by atoms with Gasteiger partial charge in [0.2, 0.25) is 5.69 Å². The maximum absolute atomic E-state index is 12.2. The third-order valence-electron chi connectivity index (χ3n) is 14.6. The van der Waals surface area contributed by atoms with Crippen LogP contribution in [0, 0.1) is 5.92 Å². The van der Waals surface area contributed by atoms with Gasteiger partial charge < -0.3 is 24.6 Å². The van der Waals surface area contributed by atoms with Crippen molar-refractivity contribution in [3.8, 4) is 11.5 Å². The molecule has 0 aromatic heterocycles. The normalized spacial score (nSPS) is 18.7. The van der Waals surface area contributed by atoms with E-state index in [2.05, 4.69) is 119 Å². The largest absolute Gasteiger partial charge is 0.494 e. The van der Waals surface area contributed by atoms with E-state index < -0.39 is 11.9 Å². The van der Waals surface area contributed by atoms with Crippen LogP contribution in [0.2, 0.25) is 0 Å². The second-order valence-electron chi connectivity index (χ2n) is 19.4. The molecule has 1 unspecified atom stereocenters. The summed E-state index contributed by atoms with van der Waals surface area (Å²) in [5.74, 6) is 0.532. The van der Waals surface area contributed by atoms with Gasteiger partial charge in [0.15, 0.2) is 12.3 Å². The van der Waals surface area contributed by atoms with Gasteiger partial charge in [-0.15, -0.1) is 0 Å². The molecule has 0 saturated heterocycles. The van der Waals surface area contributed by atoms with Crippen molar-refractivity contribution >= 4 is 40.6 Å². The van der Waals surface area contributed by atoms with Gasteiger partial charge >= 0.3 is 11.9 Å². The minimum Gasteiger partial charge on any atom is -0.494 e. The predicted octanol–water partition coefficient (Wildman–Crippen LogP) is 15.5. The molecule has 67 heavy (non-hydrogen) atoms. The number of unbranched alkanes of at least 4 members (excludes halogenated alkanes) is 6. The molecule has 2 heterocycles. The number of rotatable bonds is 30. The highest BCUT2D eigenvalue weighted by molar-refractivity contribution is 6.32. The summed E-state index contributed by atoms with van der Waals surface area (Å²) in [6.07, 6.45) is 28.3. The summed E-state index contributed by atoms with van der Waals surface area (Å²) in [5.41, 5.74) is 8.58. The Morgan fingerprint density at radius 2 is 1.25 bits per heavy atom. The molecule has 2 N–H and O–H groups in total. The molecule has 1 aliphatic carbocycles. The molecule has 2 aromatic carbocycles. The molecule has 0 radical (unpaired) electrons. The van der Waals surface area contributed by atoms with E-state index >= 15 is 0 Å². The fourth-order valence-electron chi connectivity index (χ4n) is 10.8. The van der Waals surface area contributed by atoms with Crippen molar-refractivity contribution in [1.82, 2.24) is 0 Å². The Hall–Kier alpha value is -4.30. The Bertz CT molecular complexity index is 2110. The molecule has 5 rings (SSSR count). The third-order valence-corrected chi connectivity index (χ3v) is 15.1. The fourth-order valence-corrected chi connectivity index (χ4v) is 11.1. The molecule has 0 bridgehead atoms. The first-order valence-corrected chi connectivity index (χ1v) is 26.7. The number of aliphatic carboxylic acids is 2. The Balaban J connectivity index is 1.69. The standard InChI is InChI=1S/C58H83ClN2O6/c1-8-15-31-57(32-16-9-2)48-41-46(66-37-19-12-5)23-25-50(48)60(35-29-54(62)63)52(57)27-21-44-39-43(14-7)40-45(56(44)59)22-28-53-58(33-17-10-3,34-18-11-4)49-42-47(67-38-20-13-6)24-26-51(49)61(53)36-30-55(64)65/h21-28,41-43H,8-20,29-40H2,1-7H3,(H-,62,63,64,65)/p+1. The summed E-state index contributed by atoms with van der Waals surface area (Å²) in [6, 6.07) is 12.9. The topological polar surface area (TPSA) is 99.3 Å². The second kappa shape index (κ2) is 26.5. The molecule has 0 fully saturated rings. The zero-order valence-electron chi connectivity index (χ0n) is 42.3. The van der Waals surface area contributed by atoms with Crippen LogP contribution in [0.1, 0.15) is 194 Å². The first-order valence-electron chi connectivity index (χ1n) is 26.4. The molecule has 0 amide bonds. The lowest BCUT2D eigenvalue weighted by molar-refractivity contribution is -0.436. The number of ether oxygens (including phenoxy) is 2. The van der Waals surface area contributed by atoms with E-state index in [-0.39, 0.29) is 23.7 Å². The Morgan fingerprint density at radius 3 is 1.81 bits per heavy atom. The summed E-state index contributed by atoms with van der Waals surface area (Å²) in [5, 5.41) is 20.8. The Labute approximate surface area is 409 Å². The van der Waals surface area contributed by atoms with E-state index in [0.717, 1.165) is 172 Å². The average molecular weight is 941 g/mol. The van der Waals surface area contributed by atoms with Gasteiger partial charge in [-0.2, -0.15) is 4.58 Å². The van der Waals surface area contributed by atoms with Gasteiger partial charge in [0.05, 0.1) is 25.0 Å². The molecule has 0 saturated carbocycles. The minimum atomic E-state index is -0.808. The highest BCUT2D eigenvalue weighted by Crippen LogP contribution is 2.55. The lowest BCUT2D eigenvalue weighted by atomic mass is 9.70. The van der Waals surface area contributed by atoms with Gasteiger partial charge in [0.25, 0.3) is 0 Å². The SMILES string of the molecule is CCCCOc1ccc2c(c1)C(CCCC)(CCCC)C(=CC=C1CC(CC)CC(C=CC3=[N+](CCC(=O)O)c4ccc(OCCCC)cc4C3(CCCC)CCCC)=C1Cl)N2CCC(=O)O. The lowest BCUT2D eigenvalue weighted by Gasteiger charge is -2.34. The number of allylic oxidation sites excluding steroid dienone is 8. The van der Waals surface area contributed by atoms with E-state index in [1.165, 1.54) is 11.1 Å². The van der Waals surface area contributed by atoms with Crippen molar-refractivity contribution in [1.29, 1.82) is 0 Å². The van der Waals surface area contributed by atoms with Crippen LogP contribution in [0.3, 0.4) is 0 Å². The van der Waals surface area contributed by atoms with Crippen LogP contribution in [-0.2, 0) is 20.4 Å². The number of hydrogen-bond donors (Lipinski definition) is 2. The maximum atomic E-state index is 12.2. The van der Waals surface area contributed by atoms with Gasteiger partial charge in [-0.1, -0.05) is 143 Å². The summed E-state index contributed by atoms with van der Waals surface area (Å²) < 4.78 is 14.9. The third kappa shape index (κ3) is 13.1. The van der Waals surface area contributed by atoms with Crippen LogP contribution in [0.15, 0.2) is 82.6 Å². The number of carboxylic acid groups (broad SMARTS) is 2. The zero-order chi connectivity index (χ0) is 48.4. The fraction of sp³-hybridized carbons (Fsp3) is 0.603. The van der Waals surface area contributed by atoms with Crippen molar-refractivity contribution in [2.45, 2.75) is 194 Å². The lowest BCUT2D eigenvalue weighted by Crippen LogP contribution is -2.35. The second-order valence-corrected chi connectivity index (χ2v) is 19.8. The number of anilines is 1. The monoisotopic (exact) mass is 940 g/mol. The predicted molar refractivity (Wildman–Crippen MR) is 278 cm³/mol. The molecule has 8 nitrogen and oxygen atoms in total. The van der Waals surface area contributed by atoms with Gasteiger partial charge in [-0.05, 0) is 110 Å². The van der Waals surface area contributed by atoms with E-state index in [1.54, 1.807) is 0 Å². The van der Waals surface area contributed by atoms with E-state index in [0.29, 0.717) is 32.2 Å². The highest BCUT2D eigenvalue weighted by Gasteiger charge is 2.51. The molecule has 9 heteroatoms. The smallest absolute Gasteiger partial charge is 0.309 e. The van der Waals surface area contributed by atoms with E-state index in [1.807, 2.05) is 0 Å². The molecular formula is C58H84ClN2O6+. The van der Waals surface area contributed by atoms with Gasteiger partial charge in [-0.25, -0.2) is 0 Å². The molecule has 2 aromatic rings. The first kappa shape index (κ1) is 53.7. The van der Waals surface area contributed by atoms with Crippen molar-refractivity contribution in [2.24, 2.45) is 5.92 Å². The maximum Gasteiger partial charge on any atom is 0.309 e. The number of nitrogens with zero attached hydrogens (tertiary/aromatic N) is 2. The number of halogens is 1. The van der Waals surface area contributed by atoms with Crippen molar-refractivity contribution < 1.29 is 33.9 Å².